The molecule has 12 heavy (non-hydrogen) atoms. The number of carbonyl (C=O) groups excluding carboxylic acids is 1. The van der Waals surface area contributed by atoms with Gasteiger partial charge in [0.25, 0.3) is 0 Å². The molecule has 0 saturated heterocycles. The summed E-state index contributed by atoms with van der Waals surface area (Å²) in [7, 11) is 0. The Kier molecular flexibility index (Phi) is 8.46. The molecule has 1 atom stereocenters. The zero-order valence-corrected chi connectivity index (χ0v) is 8.21. The lowest BCUT2D eigenvalue weighted by molar-refractivity contribution is -0.108. The topological polar surface area (TPSA) is 26.3 Å². The van der Waals surface area contributed by atoms with Crippen LogP contribution in [0.2, 0.25) is 0 Å². The molecule has 0 aromatic heterocycles. The van der Waals surface area contributed by atoms with Crippen LogP contribution >= 0.6 is 0 Å². The smallest absolute Gasteiger partial charge is 0.120 e. The quantitative estimate of drug-likeness (QED) is 0.415. The molecule has 0 rings (SSSR count). The Bertz CT molecular complexity index is 102. The summed E-state index contributed by atoms with van der Waals surface area (Å²) < 4.78 is 5.49. The Labute approximate surface area is 75.3 Å². The van der Waals surface area contributed by atoms with Crippen LogP contribution in [0.1, 0.15) is 46.0 Å². The number of carbonyl (C=O) groups is 1. The summed E-state index contributed by atoms with van der Waals surface area (Å²) in [6.45, 7) is 5.00. The predicted octanol–water partition coefficient (Wildman–Crippen LogP) is 2.56. The molecule has 0 aliphatic heterocycles. The lowest BCUT2D eigenvalue weighted by Gasteiger charge is -2.11. The first-order valence-electron chi connectivity index (χ1n) is 4.86. The van der Waals surface area contributed by atoms with E-state index >= 15 is 0 Å². The van der Waals surface area contributed by atoms with Crippen LogP contribution in [-0.4, -0.2) is 19.0 Å². The average Bonchev–Trinajstić information content (AvgIpc) is 2.09. The number of ether oxygens (including phenoxy) is 1. The van der Waals surface area contributed by atoms with Crippen molar-refractivity contribution in [3.8, 4) is 0 Å². The van der Waals surface area contributed by atoms with E-state index in [9.17, 15) is 4.79 Å². The maximum absolute atomic E-state index is 9.97. The minimum atomic E-state index is 0.358. The third kappa shape index (κ3) is 7.73. The normalized spacial score (nSPS) is 12.8. The fourth-order valence-corrected chi connectivity index (χ4v) is 1.03. The highest BCUT2D eigenvalue weighted by molar-refractivity contribution is 5.48. The van der Waals surface area contributed by atoms with E-state index in [1.54, 1.807) is 0 Å². The monoisotopic (exact) mass is 172 g/mol. The molecule has 0 saturated carbocycles. The molecule has 72 valence electrons. The third-order valence-electron chi connectivity index (χ3n) is 1.83. The second kappa shape index (κ2) is 8.72. The van der Waals surface area contributed by atoms with Gasteiger partial charge in [0.15, 0.2) is 0 Å². The number of hydrogen-bond acceptors (Lipinski definition) is 2. The van der Waals surface area contributed by atoms with Crippen molar-refractivity contribution >= 4 is 6.29 Å². The van der Waals surface area contributed by atoms with Crippen LogP contribution in [0.3, 0.4) is 0 Å². The van der Waals surface area contributed by atoms with Crippen LogP contribution in [0.4, 0.5) is 0 Å². The molecule has 0 heterocycles. The molecule has 0 amide bonds. The van der Waals surface area contributed by atoms with Crippen molar-refractivity contribution < 1.29 is 9.53 Å². The van der Waals surface area contributed by atoms with Gasteiger partial charge >= 0.3 is 0 Å². The summed E-state index contributed by atoms with van der Waals surface area (Å²) in [5.74, 6) is 0. The fourth-order valence-electron chi connectivity index (χ4n) is 1.03. The number of hydrogen-bond donors (Lipinski definition) is 0. The second-order valence-corrected chi connectivity index (χ2v) is 3.13. The molecule has 2 nitrogen and oxygen atoms in total. The first-order valence-corrected chi connectivity index (χ1v) is 4.86. The van der Waals surface area contributed by atoms with Crippen molar-refractivity contribution in [2.45, 2.75) is 52.1 Å². The van der Waals surface area contributed by atoms with E-state index in [-0.39, 0.29) is 0 Å². The van der Waals surface area contributed by atoms with Gasteiger partial charge in [-0.05, 0) is 19.8 Å². The van der Waals surface area contributed by atoms with Crippen molar-refractivity contribution in [2.75, 3.05) is 6.61 Å². The Morgan fingerprint density at radius 1 is 1.42 bits per heavy atom. The summed E-state index contributed by atoms with van der Waals surface area (Å²) in [4.78, 5) is 9.97. The highest BCUT2D eigenvalue weighted by Crippen LogP contribution is 2.04. The molecule has 2 heteroatoms. The molecular weight excluding hydrogens is 152 g/mol. The van der Waals surface area contributed by atoms with Crippen molar-refractivity contribution in [3.63, 3.8) is 0 Å². The Balaban J connectivity index is 3.07. The Hall–Kier alpha value is -0.370. The van der Waals surface area contributed by atoms with E-state index in [1.165, 1.54) is 12.8 Å². The van der Waals surface area contributed by atoms with Crippen LogP contribution in [-0.2, 0) is 9.53 Å². The van der Waals surface area contributed by atoms with E-state index in [0.717, 1.165) is 25.7 Å². The van der Waals surface area contributed by atoms with Crippen LogP contribution in [0.5, 0.6) is 0 Å². The van der Waals surface area contributed by atoms with Gasteiger partial charge in [0.1, 0.15) is 6.29 Å². The van der Waals surface area contributed by atoms with Gasteiger partial charge in [-0.1, -0.05) is 19.8 Å². The van der Waals surface area contributed by atoms with Crippen LogP contribution in [0.25, 0.3) is 0 Å². The van der Waals surface area contributed by atoms with Gasteiger partial charge in [0.2, 0.25) is 0 Å². The summed E-state index contributed by atoms with van der Waals surface area (Å²) in [6, 6.07) is 0. The van der Waals surface area contributed by atoms with Crippen LogP contribution in [0.15, 0.2) is 0 Å². The van der Waals surface area contributed by atoms with E-state index in [4.69, 9.17) is 4.74 Å². The van der Waals surface area contributed by atoms with Gasteiger partial charge < -0.3 is 9.53 Å². The molecule has 0 aromatic carbocycles. The maximum atomic E-state index is 9.97. The zero-order valence-electron chi connectivity index (χ0n) is 8.21. The van der Waals surface area contributed by atoms with Gasteiger partial charge in [-0.2, -0.15) is 0 Å². The van der Waals surface area contributed by atoms with E-state index in [0.29, 0.717) is 12.5 Å². The molecule has 0 aromatic rings. The van der Waals surface area contributed by atoms with E-state index < -0.39 is 0 Å². The maximum Gasteiger partial charge on any atom is 0.120 e. The van der Waals surface area contributed by atoms with Crippen LogP contribution in [0, 0.1) is 0 Å². The molecule has 0 spiro atoms. The van der Waals surface area contributed by atoms with Crippen molar-refractivity contribution in [2.24, 2.45) is 0 Å². The molecule has 1 unspecified atom stereocenters. The molecule has 0 aliphatic carbocycles. The molecular formula is C10H20O2. The van der Waals surface area contributed by atoms with Crippen molar-refractivity contribution in [1.29, 1.82) is 0 Å². The molecule has 0 bridgehead atoms. The lowest BCUT2D eigenvalue weighted by atomic mass is 10.2. The first kappa shape index (κ1) is 11.6. The van der Waals surface area contributed by atoms with Gasteiger partial charge in [-0.25, -0.2) is 0 Å². The number of aldehydes is 1. The largest absolute Gasteiger partial charge is 0.378 e. The molecule has 0 N–H and O–H groups in total. The third-order valence-corrected chi connectivity index (χ3v) is 1.83. The molecule has 0 aliphatic rings. The number of rotatable bonds is 8. The Morgan fingerprint density at radius 2 is 2.17 bits per heavy atom. The highest BCUT2D eigenvalue weighted by Gasteiger charge is 1.99. The fraction of sp³-hybridized carbons (Fsp3) is 0.900. The van der Waals surface area contributed by atoms with Crippen molar-refractivity contribution in [3.05, 3.63) is 0 Å². The SMILES string of the molecule is CCCCC(C)OCCCC=O. The van der Waals surface area contributed by atoms with E-state index in [1.807, 2.05) is 0 Å². The van der Waals surface area contributed by atoms with E-state index in [2.05, 4.69) is 13.8 Å². The molecule has 0 radical (unpaired) electrons. The summed E-state index contributed by atoms with van der Waals surface area (Å²) in [5, 5.41) is 0. The minimum Gasteiger partial charge on any atom is -0.378 e. The predicted molar refractivity (Wildman–Crippen MR) is 50.2 cm³/mol. The van der Waals surface area contributed by atoms with Crippen molar-refractivity contribution in [1.82, 2.24) is 0 Å². The minimum absolute atomic E-state index is 0.358. The summed E-state index contributed by atoms with van der Waals surface area (Å²) in [5.41, 5.74) is 0. The van der Waals surface area contributed by atoms with Gasteiger partial charge in [0.05, 0.1) is 6.10 Å². The second-order valence-electron chi connectivity index (χ2n) is 3.13. The zero-order chi connectivity index (χ0) is 9.23. The average molecular weight is 172 g/mol. The highest BCUT2D eigenvalue weighted by atomic mass is 16.5. The van der Waals surface area contributed by atoms with Gasteiger partial charge in [0, 0.05) is 13.0 Å². The van der Waals surface area contributed by atoms with Gasteiger partial charge in [-0.15, -0.1) is 0 Å². The lowest BCUT2D eigenvalue weighted by Crippen LogP contribution is -2.08. The molecule has 0 fully saturated rings. The van der Waals surface area contributed by atoms with Crippen LogP contribution < -0.4 is 0 Å². The van der Waals surface area contributed by atoms with Gasteiger partial charge in [-0.3, -0.25) is 0 Å². The number of unbranched alkanes of at least 4 members (excludes halogenated alkanes) is 2. The summed E-state index contributed by atoms with van der Waals surface area (Å²) >= 11 is 0. The first-order chi connectivity index (χ1) is 5.81. The standard InChI is InChI=1S/C10H20O2/c1-3-4-7-10(2)12-9-6-5-8-11/h8,10H,3-7,9H2,1-2H3. The Morgan fingerprint density at radius 3 is 2.75 bits per heavy atom. The summed E-state index contributed by atoms with van der Waals surface area (Å²) in [6.07, 6.45) is 6.38.